The van der Waals surface area contributed by atoms with Crippen LogP contribution in [0.1, 0.15) is 43.9 Å². The number of thiazole rings is 1. The maximum atomic E-state index is 12.0. The summed E-state index contributed by atoms with van der Waals surface area (Å²) < 4.78 is 0. The van der Waals surface area contributed by atoms with Crippen molar-refractivity contribution in [2.24, 2.45) is 0 Å². The Hall–Kier alpha value is -2.22. The summed E-state index contributed by atoms with van der Waals surface area (Å²) in [5, 5.41) is 14.1. The molecule has 2 aromatic heterocycles. The fraction of sp³-hybridized carbons (Fsp3) is 0.385. The van der Waals surface area contributed by atoms with Crippen LogP contribution in [0.3, 0.4) is 0 Å². The summed E-state index contributed by atoms with van der Waals surface area (Å²) in [6, 6.07) is 1.79. The number of aromatic nitrogens is 3. The Kier molecular flexibility index (Phi) is 4.08. The molecule has 0 aliphatic carbocycles. The highest BCUT2D eigenvalue weighted by Crippen LogP contribution is 2.22. The van der Waals surface area contributed by atoms with E-state index in [4.69, 9.17) is 0 Å². The highest BCUT2D eigenvalue weighted by atomic mass is 32.1. The van der Waals surface area contributed by atoms with Gasteiger partial charge in [-0.15, -0.1) is 11.3 Å². The maximum absolute atomic E-state index is 12.0. The summed E-state index contributed by atoms with van der Waals surface area (Å²) in [5.41, 5.74) is 1.09. The van der Waals surface area contributed by atoms with Crippen molar-refractivity contribution in [1.29, 1.82) is 0 Å². The number of hydrogen-bond donors (Lipinski definition) is 3. The molecular weight excluding hydrogens is 290 g/mol. The van der Waals surface area contributed by atoms with E-state index in [1.54, 1.807) is 11.4 Å². The van der Waals surface area contributed by atoms with E-state index in [9.17, 15) is 9.59 Å². The van der Waals surface area contributed by atoms with E-state index in [1.807, 2.05) is 20.8 Å². The number of aromatic amines is 1. The number of rotatable bonds is 3. The number of carbonyl (C=O) groups excluding carboxylic acids is 2. The van der Waals surface area contributed by atoms with Gasteiger partial charge in [-0.2, -0.15) is 5.10 Å². The Labute approximate surface area is 126 Å². The number of amides is 2. The van der Waals surface area contributed by atoms with Gasteiger partial charge in [0, 0.05) is 29.5 Å². The first kappa shape index (κ1) is 15.2. The predicted octanol–water partition coefficient (Wildman–Crippen LogP) is 2.37. The lowest BCUT2D eigenvalue weighted by Crippen LogP contribution is -2.13. The van der Waals surface area contributed by atoms with E-state index in [2.05, 4.69) is 25.8 Å². The van der Waals surface area contributed by atoms with Crippen LogP contribution in [0.25, 0.3) is 0 Å². The molecule has 2 amide bonds. The Morgan fingerprint density at radius 1 is 1.29 bits per heavy atom. The maximum Gasteiger partial charge on any atom is 0.276 e. The van der Waals surface area contributed by atoms with E-state index in [0.717, 1.165) is 5.69 Å². The van der Waals surface area contributed by atoms with Gasteiger partial charge in [-0.3, -0.25) is 14.7 Å². The number of nitrogens with zero attached hydrogens (tertiary/aromatic N) is 2. The molecule has 2 rings (SSSR count). The van der Waals surface area contributed by atoms with Crippen molar-refractivity contribution in [1.82, 2.24) is 15.2 Å². The molecule has 112 valence electrons. The summed E-state index contributed by atoms with van der Waals surface area (Å²) in [5.74, 6) is -0.146. The topological polar surface area (TPSA) is 99.8 Å². The minimum Gasteiger partial charge on any atom is -0.304 e. The number of anilines is 2. The highest BCUT2D eigenvalue weighted by Gasteiger charge is 2.18. The minimum atomic E-state index is -0.366. The second kappa shape index (κ2) is 5.65. The Morgan fingerprint density at radius 3 is 2.57 bits per heavy atom. The molecule has 7 nitrogen and oxygen atoms in total. The first-order valence-electron chi connectivity index (χ1n) is 6.36. The molecule has 0 radical (unpaired) electrons. The molecule has 0 atom stereocenters. The van der Waals surface area contributed by atoms with Gasteiger partial charge in [-0.25, -0.2) is 4.98 Å². The molecule has 2 aromatic rings. The van der Waals surface area contributed by atoms with Crippen molar-refractivity contribution in [3.8, 4) is 0 Å². The predicted molar refractivity (Wildman–Crippen MR) is 81.7 cm³/mol. The Balaban J connectivity index is 2.06. The third-order valence-electron chi connectivity index (χ3n) is 2.65. The fourth-order valence-electron chi connectivity index (χ4n) is 1.54. The van der Waals surface area contributed by atoms with Crippen LogP contribution in [0, 0.1) is 0 Å². The molecule has 0 saturated heterocycles. The lowest BCUT2D eigenvalue weighted by Gasteiger charge is -2.14. The minimum absolute atomic E-state index is 0.0742. The first-order valence-corrected chi connectivity index (χ1v) is 7.24. The van der Waals surface area contributed by atoms with Gasteiger partial charge in [0.1, 0.15) is 5.69 Å². The van der Waals surface area contributed by atoms with Gasteiger partial charge in [0.15, 0.2) is 10.9 Å². The lowest BCUT2D eigenvalue weighted by molar-refractivity contribution is -0.114. The van der Waals surface area contributed by atoms with Crippen LogP contribution in [0.5, 0.6) is 0 Å². The van der Waals surface area contributed by atoms with Crippen molar-refractivity contribution in [3.63, 3.8) is 0 Å². The van der Waals surface area contributed by atoms with Gasteiger partial charge < -0.3 is 10.6 Å². The number of nitrogens with one attached hydrogen (secondary N) is 3. The van der Waals surface area contributed by atoms with E-state index < -0.39 is 0 Å². The van der Waals surface area contributed by atoms with Gasteiger partial charge in [0.05, 0.1) is 0 Å². The van der Waals surface area contributed by atoms with Crippen LogP contribution < -0.4 is 10.6 Å². The van der Waals surface area contributed by atoms with Gasteiger partial charge >= 0.3 is 0 Å². The third kappa shape index (κ3) is 3.88. The Morgan fingerprint density at radius 2 is 2.00 bits per heavy atom. The van der Waals surface area contributed by atoms with Crippen LogP contribution in [0.4, 0.5) is 10.9 Å². The lowest BCUT2D eigenvalue weighted by atomic mass is 9.92. The summed E-state index contributed by atoms with van der Waals surface area (Å²) in [6.07, 6.45) is 0. The average Bonchev–Trinajstić information content (AvgIpc) is 2.96. The molecule has 0 fully saturated rings. The van der Waals surface area contributed by atoms with Gasteiger partial charge in [0.2, 0.25) is 5.91 Å². The van der Waals surface area contributed by atoms with Crippen molar-refractivity contribution < 1.29 is 9.59 Å². The summed E-state index contributed by atoms with van der Waals surface area (Å²) in [7, 11) is 0. The fourth-order valence-corrected chi connectivity index (χ4v) is 2.27. The second-order valence-corrected chi connectivity index (χ2v) is 6.45. The van der Waals surface area contributed by atoms with Crippen LogP contribution in [-0.2, 0) is 10.2 Å². The van der Waals surface area contributed by atoms with E-state index in [0.29, 0.717) is 10.9 Å². The molecule has 0 bridgehead atoms. The smallest absolute Gasteiger partial charge is 0.276 e. The van der Waals surface area contributed by atoms with Crippen LogP contribution in [-0.4, -0.2) is 27.0 Å². The molecule has 0 saturated carbocycles. The van der Waals surface area contributed by atoms with Crippen molar-refractivity contribution in [3.05, 3.63) is 22.8 Å². The zero-order chi connectivity index (χ0) is 15.6. The monoisotopic (exact) mass is 307 g/mol. The molecule has 21 heavy (non-hydrogen) atoms. The molecular formula is C13H17N5O2S. The molecule has 8 heteroatoms. The molecule has 0 aliphatic rings. The van der Waals surface area contributed by atoms with Crippen LogP contribution >= 0.6 is 11.3 Å². The van der Waals surface area contributed by atoms with Gasteiger partial charge in [0.25, 0.3) is 5.91 Å². The van der Waals surface area contributed by atoms with Gasteiger partial charge in [-0.1, -0.05) is 20.8 Å². The van der Waals surface area contributed by atoms with Crippen LogP contribution in [0.15, 0.2) is 11.4 Å². The summed E-state index contributed by atoms with van der Waals surface area (Å²) >= 11 is 1.19. The van der Waals surface area contributed by atoms with E-state index in [1.165, 1.54) is 18.3 Å². The molecule has 0 spiro atoms. The molecule has 0 aromatic carbocycles. The van der Waals surface area contributed by atoms with Crippen molar-refractivity contribution >= 4 is 34.1 Å². The van der Waals surface area contributed by atoms with Crippen LogP contribution in [0.2, 0.25) is 0 Å². The second-order valence-electron chi connectivity index (χ2n) is 5.59. The molecule has 0 unspecified atom stereocenters. The standard InChI is InChI=1S/C13H17N5O2S/c1-7(19)14-12-15-8(6-21-12)11(20)16-10-5-9(17-18-10)13(2,3)4/h5-6H,1-4H3,(H,14,15,19)(H2,16,17,18,20). The number of carbonyl (C=O) groups is 2. The quantitative estimate of drug-likeness (QED) is 0.810. The SMILES string of the molecule is CC(=O)Nc1nc(C(=O)Nc2cc(C(C)(C)C)[nH]n2)cs1. The summed E-state index contributed by atoms with van der Waals surface area (Å²) in [6.45, 7) is 7.53. The zero-order valence-corrected chi connectivity index (χ0v) is 13.1. The van der Waals surface area contributed by atoms with Crippen molar-refractivity contribution in [2.75, 3.05) is 10.6 Å². The van der Waals surface area contributed by atoms with Gasteiger partial charge in [-0.05, 0) is 0 Å². The largest absolute Gasteiger partial charge is 0.304 e. The normalized spacial score (nSPS) is 11.2. The van der Waals surface area contributed by atoms with E-state index >= 15 is 0 Å². The average molecular weight is 307 g/mol. The third-order valence-corrected chi connectivity index (χ3v) is 3.40. The number of H-pyrrole nitrogens is 1. The van der Waals surface area contributed by atoms with Crippen molar-refractivity contribution in [2.45, 2.75) is 33.1 Å². The molecule has 0 aliphatic heterocycles. The zero-order valence-electron chi connectivity index (χ0n) is 12.3. The molecule has 2 heterocycles. The Bertz CT molecular complexity index is 668. The first-order chi connectivity index (χ1) is 9.75. The number of hydrogen-bond acceptors (Lipinski definition) is 5. The van der Waals surface area contributed by atoms with E-state index in [-0.39, 0.29) is 22.9 Å². The summed E-state index contributed by atoms with van der Waals surface area (Å²) in [4.78, 5) is 27.0. The highest BCUT2D eigenvalue weighted by molar-refractivity contribution is 7.14. The molecule has 3 N–H and O–H groups in total.